The zero-order chi connectivity index (χ0) is 11.5. The molecule has 2 rings (SSSR count). The van der Waals surface area contributed by atoms with Crippen molar-refractivity contribution in [3.05, 3.63) is 22.8 Å². The van der Waals surface area contributed by atoms with Gasteiger partial charge in [-0.2, -0.15) is 0 Å². The van der Waals surface area contributed by atoms with Crippen LogP contribution in [0.1, 0.15) is 29.6 Å². The maximum Gasteiger partial charge on any atom is 0.251 e. The van der Waals surface area contributed by atoms with E-state index in [0.29, 0.717) is 12.1 Å². The molecule has 4 nitrogen and oxygen atoms in total. The molecule has 1 heterocycles. The number of hydrogen-bond donors (Lipinski definition) is 2. The highest BCUT2D eigenvalue weighted by Crippen LogP contribution is 2.31. The van der Waals surface area contributed by atoms with Crippen LogP contribution in [0.25, 0.3) is 0 Å². The van der Waals surface area contributed by atoms with Crippen LogP contribution in [0.3, 0.4) is 0 Å². The molecule has 1 amide bonds. The van der Waals surface area contributed by atoms with Crippen LogP contribution in [0.15, 0.2) is 12.1 Å². The van der Waals surface area contributed by atoms with Crippen LogP contribution in [-0.2, 0) is 0 Å². The van der Waals surface area contributed by atoms with E-state index in [4.69, 9.17) is 17.3 Å². The fraction of sp³-hybridized carbons (Fsp3) is 0.455. The Balaban J connectivity index is 1.91. The van der Waals surface area contributed by atoms with E-state index >= 15 is 0 Å². The third-order valence-corrected chi connectivity index (χ3v) is 2.80. The lowest BCUT2D eigenvalue weighted by Gasteiger charge is -2.05. The monoisotopic (exact) mass is 239 g/mol. The second kappa shape index (κ2) is 4.70. The van der Waals surface area contributed by atoms with E-state index < -0.39 is 0 Å². The van der Waals surface area contributed by atoms with Crippen LogP contribution < -0.4 is 11.1 Å². The highest BCUT2D eigenvalue weighted by Gasteiger charge is 2.20. The molecule has 0 aromatic carbocycles. The van der Waals surface area contributed by atoms with Gasteiger partial charge >= 0.3 is 0 Å². The van der Waals surface area contributed by atoms with E-state index in [1.54, 1.807) is 0 Å². The third-order valence-electron chi connectivity index (χ3n) is 2.61. The van der Waals surface area contributed by atoms with E-state index in [1.807, 2.05) is 0 Å². The van der Waals surface area contributed by atoms with Crippen LogP contribution in [0.2, 0.25) is 5.15 Å². The van der Waals surface area contributed by atoms with Crippen LogP contribution in [0.5, 0.6) is 0 Å². The quantitative estimate of drug-likeness (QED) is 0.788. The van der Waals surface area contributed by atoms with Crippen LogP contribution in [0, 0.1) is 5.92 Å². The van der Waals surface area contributed by atoms with Gasteiger partial charge in [0.15, 0.2) is 0 Å². The van der Waals surface area contributed by atoms with Gasteiger partial charge in [0.1, 0.15) is 11.0 Å². The number of nitrogen functional groups attached to an aromatic ring is 1. The number of hydrogen-bond acceptors (Lipinski definition) is 3. The Labute approximate surface area is 99.2 Å². The van der Waals surface area contributed by atoms with Gasteiger partial charge < -0.3 is 11.1 Å². The van der Waals surface area contributed by atoms with Gasteiger partial charge in [-0.3, -0.25) is 4.79 Å². The maximum atomic E-state index is 11.7. The Morgan fingerprint density at radius 2 is 2.31 bits per heavy atom. The van der Waals surface area contributed by atoms with Crippen molar-refractivity contribution in [3.63, 3.8) is 0 Å². The number of rotatable bonds is 4. The molecule has 1 fully saturated rings. The number of aromatic nitrogens is 1. The summed E-state index contributed by atoms with van der Waals surface area (Å²) in [5.74, 6) is 0.933. The summed E-state index contributed by atoms with van der Waals surface area (Å²) in [6, 6.07) is 3.04. The average Bonchev–Trinajstić information content (AvgIpc) is 3.00. The van der Waals surface area contributed by atoms with Gasteiger partial charge in [0.25, 0.3) is 5.91 Å². The molecule has 5 heteroatoms. The molecule has 3 N–H and O–H groups in total. The fourth-order valence-corrected chi connectivity index (χ4v) is 1.76. The fourth-order valence-electron chi connectivity index (χ4n) is 1.55. The molecule has 16 heavy (non-hydrogen) atoms. The number of carbonyl (C=O) groups is 1. The minimum Gasteiger partial charge on any atom is -0.384 e. The normalized spacial score (nSPS) is 14.8. The molecule has 0 saturated heterocycles. The van der Waals surface area contributed by atoms with Gasteiger partial charge in [0.05, 0.1) is 0 Å². The summed E-state index contributed by atoms with van der Waals surface area (Å²) in [6.45, 7) is 0.712. The number of halogens is 1. The molecule has 0 aliphatic heterocycles. The largest absolute Gasteiger partial charge is 0.384 e. The van der Waals surface area contributed by atoms with Crippen LogP contribution in [0.4, 0.5) is 5.82 Å². The lowest BCUT2D eigenvalue weighted by molar-refractivity contribution is 0.0952. The van der Waals surface area contributed by atoms with E-state index in [-0.39, 0.29) is 16.9 Å². The van der Waals surface area contributed by atoms with E-state index in [2.05, 4.69) is 10.3 Å². The molecule has 0 radical (unpaired) electrons. The van der Waals surface area contributed by atoms with Gasteiger partial charge in [-0.1, -0.05) is 24.4 Å². The lowest BCUT2D eigenvalue weighted by atomic mass is 10.2. The predicted octanol–water partition coefficient (Wildman–Crippen LogP) is 1.85. The number of nitrogens with one attached hydrogen (secondary N) is 1. The van der Waals surface area contributed by atoms with Crippen LogP contribution in [-0.4, -0.2) is 17.4 Å². The third kappa shape index (κ3) is 3.10. The van der Waals surface area contributed by atoms with Crippen molar-refractivity contribution < 1.29 is 4.79 Å². The van der Waals surface area contributed by atoms with Crippen LogP contribution >= 0.6 is 11.6 Å². The summed E-state index contributed by atoms with van der Waals surface area (Å²) < 4.78 is 0. The van der Waals surface area contributed by atoms with Crippen molar-refractivity contribution in [2.45, 2.75) is 19.3 Å². The van der Waals surface area contributed by atoms with Crippen molar-refractivity contribution in [1.29, 1.82) is 0 Å². The molecule has 0 unspecified atom stereocenters. The van der Waals surface area contributed by atoms with Gasteiger partial charge in [-0.15, -0.1) is 0 Å². The summed E-state index contributed by atoms with van der Waals surface area (Å²) in [7, 11) is 0. The standard InChI is InChI=1S/C11H14ClN3O/c12-9-5-8(6-10(13)15-9)11(16)14-4-3-7-1-2-7/h5-7H,1-4H2,(H2,13,15)(H,14,16). The van der Waals surface area contributed by atoms with E-state index in [9.17, 15) is 4.79 Å². The smallest absolute Gasteiger partial charge is 0.251 e. The van der Waals surface area contributed by atoms with Crippen molar-refractivity contribution in [1.82, 2.24) is 10.3 Å². The van der Waals surface area contributed by atoms with Gasteiger partial charge in [-0.25, -0.2) is 4.98 Å². The Kier molecular flexibility index (Phi) is 3.29. The maximum absolute atomic E-state index is 11.7. The number of amides is 1. The molecule has 1 saturated carbocycles. The lowest BCUT2D eigenvalue weighted by Crippen LogP contribution is -2.24. The minimum absolute atomic E-state index is 0.142. The molecule has 1 aromatic rings. The molecule has 0 atom stereocenters. The number of anilines is 1. The van der Waals surface area contributed by atoms with Crippen molar-refractivity contribution in [2.75, 3.05) is 12.3 Å². The second-order valence-corrected chi connectivity index (χ2v) is 4.48. The summed E-state index contributed by atoms with van der Waals surface area (Å²) in [4.78, 5) is 15.5. The highest BCUT2D eigenvalue weighted by atomic mass is 35.5. The molecule has 1 aliphatic rings. The van der Waals surface area contributed by atoms with Gasteiger partial charge in [0, 0.05) is 12.1 Å². The average molecular weight is 240 g/mol. The first-order chi connectivity index (χ1) is 7.65. The first kappa shape index (κ1) is 11.2. The van der Waals surface area contributed by atoms with Crippen molar-refractivity contribution in [2.24, 2.45) is 5.92 Å². The molecular formula is C11H14ClN3O. The molecule has 0 bridgehead atoms. The van der Waals surface area contributed by atoms with Gasteiger partial charge in [0.2, 0.25) is 0 Å². The Morgan fingerprint density at radius 3 is 2.94 bits per heavy atom. The zero-order valence-electron chi connectivity index (χ0n) is 8.87. The molecular weight excluding hydrogens is 226 g/mol. The number of nitrogens with zero attached hydrogens (tertiary/aromatic N) is 1. The SMILES string of the molecule is Nc1cc(C(=O)NCCC2CC2)cc(Cl)n1. The van der Waals surface area contributed by atoms with E-state index in [1.165, 1.54) is 25.0 Å². The highest BCUT2D eigenvalue weighted by molar-refractivity contribution is 6.29. The first-order valence-electron chi connectivity index (χ1n) is 5.36. The summed E-state index contributed by atoms with van der Waals surface area (Å²) in [6.07, 6.45) is 3.65. The van der Waals surface area contributed by atoms with E-state index in [0.717, 1.165) is 12.3 Å². The molecule has 86 valence electrons. The Morgan fingerprint density at radius 1 is 1.56 bits per heavy atom. The summed E-state index contributed by atoms with van der Waals surface area (Å²) in [5.41, 5.74) is 5.97. The summed E-state index contributed by atoms with van der Waals surface area (Å²) in [5, 5.41) is 3.09. The Hall–Kier alpha value is -1.29. The zero-order valence-corrected chi connectivity index (χ0v) is 9.63. The molecule has 1 aromatic heterocycles. The molecule has 1 aliphatic carbocycles. The minimum atomic E-state index is -0.142. The number of nitrogens with two attached hydrogens (primary N) is 1. The molecule has 0 spiro atoms. The predicted molar refractivity (Wildman–Crippen MR) is 63.3 cm³/mol. The topological polar surface area (TPSA) is 68.0 Å². The summed E-state index contributed by atoms with van der Waals surface area (Å²) >= 11 is 5.72. The van der Waals surface area contributed by atoms with Gasteiger partial charge in [-0.05, 0) is 24.5 Å². The number of carbonyl (C=O) groups excluding carboxylic acids is 1. The first-order valence-corrected chi connectivity index (χ1v) is 5.74. The van der Waals surface area contributed by atoms with Crippen molar-refractivity contribution >= 4 is 23.3 Å². The second-order valence-electron chi connectivity index (χ2n) is 4.09. The Bertz CT molecular complexity index is 384. The van der Waals surface area contributed by atoms with Crippen molar-refractivity contribution in [3.8, 4) is 0 Å². The number of pyridine rings is 1.